The number of rotatable bonds is 9. The lowest BCUT2D eigenvalue weighted by atomic mass is 10.1. The van der Waals surface area contributed by atoms with Crippen LogP contribution in [0.25, 0.3) is 0 Å². The standard InChI is InChI=1S/C21H29N3O/c1-4-15-24(6-3)19-13-11-17(12-14-19)21(25)23-20-10-8-7-9-18(20)16-22-5-2/h7-14,22H,4-6,15-16H2,1-3H3,(H,23,25). The van der Waals surface area contributed by atoms with Crippen LogP contribution in [0.4, 0.5) is 11.4 Å². The number of carbonyl (C=O) groups excluding carboxylic acids is 1. The third-order valence-corrected chi connectivity index (χ3v) is 4.20. The number of nitrogens with one attached hydrogen (secondary N) is 2. The van der Waals surface area contributed by atoms with E-state index in [1.807, 2.05) is 48.5 Å². The summed E-state index contributed by atoms with van der Waals surface area (Å²) in [4.78, 5) is 14.9. The fraction of sp³-hybridized carbons (Fsp3) is 0.381. The van der Waals surface area contributed by atoms with E-state index in [2.05, 4.69) is 36.3 Å². The van der Waals surface area contributed by atoms with E-state index in [9.17, 15) is 4.79 Å². The van der Waals surface area contributed by atoms with E-state index in [0.717, 1.165) is 49.5 Å². The molecule has 134 valence electrons. The molecular weight excluding hydrogens is 310 g/mol. The lowest BCUT2D eigenvalue weighted by Gasteiger charge is -2.22. The first kappa shape index (κ1) is 19.0. The first-order chi connectivity index (χ1) is 12.2. The highest BCUT2D eigenvalue weighted by molar-refractivity contribution is 6.04. The molecule has 0 aromatic heterocycles. The Morgan fingerprint density at radius 3 is 2.36 bits per heavy atom. The Hall–Kier alpha value is -2.33. The van der Waals surface area contributed by atoms with Gasteiger partial charge in [0.25, 0.3) is 5.91 Å². The maximum Gasteiger partial charge on any atom is 0.255 e. The lowest BCUT2D eigenvalue weighted by Crippen LogP contribution is -2.23. The van der Waals surface area contributed by atoms with Crippen LogP contribution < -0.4 is 15.5 Å². The van der Waals surface area contributed by atoms with Crippen molar-refractivity contribution in [3.63, 3.8) is 0 Å². The number of hydrogen-bond acceptors (Lipinski definition) is 3. The summed E-state index contributed by atoms with van der Waals surface area (Å²) in [7, 11) is 0. The van der Waals surface area contributed by atoms with Gasteiger partial charge in [0, 0.05) is 36.6 Å². The quantitative estimate of drug-likeness (QED) is 0.716. The molecule has 1 amide bonds. The normalized spacial score (nSPS) is 10.5. The molecule has 0 heterocycles. The SMILES string of the molecule is CCCN(CC)c1ccc(C(=O)Nc2ccccc2CNCC)cc1. The van der Waals surface area contributed by atoms with Gasteiger partial charge >= 0.3 is 0 Å². The second kappa shape index (κ2) is 9.84. The Labute approximate surface area is 151 Å². The van der Waals surface area contributed by atoms with Crippen molar-refractivity contribution in [1.82, 2.24) is 5.32 Å². The van der Waals surface area contributed by atoms with Gasteiger partial charge in [-0.05, 0) is 55.8 Å². The van der Waals surface area contributed by atoms with E-state index < -0.39 is 0 Å². The lowest BCUT2D eigenvalue weighted by molar-refractivity contribution is 0.102. The molecular formula is C21H29N3O. The van der Waals surface area contributed by atoms with Gasteiger partial charge in [0.15, 0.2) is 0 Å². The van der Waals surface area contributed by atoms with Crippen LogP contribution in [0.3, 0.4) is 0 Å². The van der Waals surface area contributed by atoms with Gasteiger partial charge in [-0.15, -0.1) is 0 Å². The van der Waals surface area contributed by atoms with Crippen LogP contribution in [-0.4, -0.2) is 25.5 Å². The van der Waals surface area contributed by atoms with Gasteiger partial charge in [-0.2, -0.15) is 0 Å². The van der Waals surface area contributed by atoms with Crippen LogP contribution in [0.15, 0.2) is 48.5 Å². The highest BCUT2D eigenvalue weighted by Gasteiger charge is 2.10. The predicted molar refractivity (Wildman–Crippen MR) is 106 cm³/mol. The number of benzene rings is 2. The van der Waals surface area contributed by atoms with Gasteiger partial charge < -0.3 is 15.5 Å². The van der Waals surface area contributed by atoms with Gasteiger partial charge in [0.05, 0.1) is 0 Å². The third-order valence-electron chi connectivity index (χ3n) is 4.20. The average Bonchev–Trinajstić information content (AvgIpc) is 2.65. The zero-order chi connectivity index (χ0) is 18.1. The predicted octanol–water partition coefficient (Wildman–Crippen LogP) is 4.28. The van der Waals surface area contributed by atoms with E-state index in [1.165, 1.54) is 0 Å². The van der Waals surface area contributed by atoms with Crippen LogP contribution in [0.2, 0.25) is 0 Å². The summed E-state index contributed by atoms with van der Waals surface area (Å²) in [5.74, 6) is -0.0750. The van der Waals surface area contributed by atoms with Crippen molar-refractivity contribution < 1.29 is 4.79 Å². The zero-order valence-corrected chi connectivity index (χ0v) is 15.5. The number of nitrogens with zero attached hydrogens (tertiary/aromatic N) is 1. The molecule has 0 aliphatic carbocycles. The molecule has 0 bridgehead atoms. The van der Waals surface area contributed by atoms with Gasteiger partial charge in [0.1, 0.15) is 0 Å². The smallest absolute Gasteiger partial charge is 0.255 e. The number of anilines is 2. The van der Waals surface area contributed by atoms with Crippen LogP contribution in [-0.2, 0) is 6.54 Å². The molecule has 0 saturated carbocycles. The van der Waals surface area contributed by atoms with Crippen LogP contribution in [0.1, 0.15) is 43.1 Å². The fourth-order valence-corrected chi connectivity index (χ4v) is 2.81. The highest BCUT2D eigenvalue weighted by atomic mass is 16.1. The monoisotopic (exact) mass is 339 g/mol. The molecule has 0 aliphatic heterocycles. The van der Waals surface area contributed by atoms with Crippen molar-refractivity contribution >= 4 is 17.3 Å². The molecule has 2 N–H and O–H groups in total. The van der Waals surface area contributed by atoms with Crippen molar-refractivity contribution in [1.29, 1.82) is 0 Å². The Bertz CT molecular complexity index is 667. The largest absolute Gasteiger partial charge is 0.372 e. The molecule has 0 spiro atoms. The van der Waals surface area contributed by atoms with E-state index >= 15 is 0 Å². The molecule has 0 atom stereocenters. The number of carbonyl (C=O) groups is 1. The number of hydrogen-bond donors (Lipinski definition) is 2. The topological polar surface area (TPSA) is 44.4 Å². The Morgan fingerprint density at radius 1 is 1.00 bits per heavy atom. The molecule has 0 aliphatic rings. The molecule has 2 rings (SSSR count). The van der Waals surface area contributed by atoms with Crippen LogP contribution >= 0.6 is 0 Å². The van der Waals surface area contributed by atoms with Gasteiger partial charge in [0.2, 0.25) is 0 Å². The fourth-order valence-electron chi connectivity index (χ4n) is 2.81. The maximum atomic E-state index is 12.6. The molecule has 2 aromatic rings. The van der Waals surface area contributed by atoms with Crippen molar-refractivity contribution in [3.8, 4) is 0 Å². The number of amides is 1. The number of para-hydroxylation sites is 1. The second-order valence-corrected chi connectivity index (χ2v) is 6.02. The second-order valence-electron chi connectivity index (χ2n) is 6.02. The van der Waals surface area contributed by atoms with Gasteiger partial charge in [-0.1, -0.05) is 32.0 Å². The Balaban J connectivity index is 2.09. The Kier molecular flexibility index (Phi) is 7.48. The summed E-state index contributed by atoms with van der Waals surface area (Å²) >= 11 is 0. The van der Waals surface area contributed by atoms with E-state index in [4.69, 9.17) is 0 Å². The molecule has 0 saturated heterocycles. The first-order valence-corrected chi connectivity index (χ1v) is 9.14. The molecule has 0 unspecified atom stereocenters. The van der Waals surface area contributed by atoms with E-state index in [1.54, 1.807) is 0 Å². The minimum Gasteiger partial charge on any atom is -0.372 e. The molecule has 4 heteroatoms. The van der Waals surface area contributed by atoms with Crippen LogP contribution in [0.5, 0.6) is 0 Å². The minimum absolute atomic E-state index is 0.0750. The van der Waals surface area contributed by atoms with Crippen molar-refractivity contribution in [2.45, 2.75) is 33.7 Å². The Morgan fingerprint density at radius 2 is 1.72 bits per heavy atom. The average molecular weight is 339 g/mol. The molecule has 0 fully saturated rings. The molecule has 25 heavy (non-hydrogen) atoms. The third kappa shape index (κ3) is 5.33. The summed E-state index contributed by atoms with van der Waals surface area (Å²) in [5, 5.41) is 6.33. The van der Waals surface area contributed by atoms with E-state index in [0.29, 0.717) is 5.56 Å². The van der Waals surface area contributed by atoms with Gasteiger partial charge in [-0.25, -0.2) is 0 Å². The first-order valence-electron chi connectivity index (χ1n) is 9.14. The summed E-state index contributed by atoms with van der Waals surface area (Å²) in [6.45, 7) is 10.0. The van der Waals surface area contributed by atoms with Crippen molar-refractivity contribution in [2.24, 2.45) is 0 Å². The van der Waals surface area contributed by atoms with Gasteiger partial charge in [-0.3, -0.25) is 4.79 Å². The highest BCUT2D eigenvalue weighted by Crippen LogP contribution is 2.19. The molecule has 4 nitrogen and oxygen atoms in total. The summed E-state index contributed by atoms with van der Waals surface area (Å²) in [6.07, 6.45) is 1.11. The van der Waals surface area contributed by atoms with Crippen LogP contribution in [0, 0.1) is 0 Å². The summed E-state index contributed by atoms with van der Waals surface area (Å²) in [5.41, 5.74) is 3.79. The zero-order valence-electron chi connectivity index (χ0n) is 15.5. The molecule has 0 radical (unpaired) electrons. The minimum atomic E-state index is -0.0750. The van der Waals surface area contributed by atoms with E-state index in [-0.39, 0.29) is 5.91 Å². The van der Waals surface area contributed by atoms with Crippen molar-refractivity contribution in [2.75, 3.05) is 29.9 Å². The van der Waals surface area contributed by atoms with Crippen molar-refractivity contribution in [3.05, 3.63) is 59.7 Å². The summed E-state index contributed by atoms with van der Waals surface area (Å²) < 4.78 is 0. The maximum absolute atomic E-state index is 12.6. The molecule has 2 aromatic carbocycles. The summed E-state index contributed by atoms with van der Waals surface area (Å²) in [6, 6.07) is 15.8.